The van der Waals surface area contributed by atoms with E-state index in [4.69, 9.17) is 18.0 Å². The summed E-state index contributed by atoms with van der Waals surface area (Å²) in [6.45, 7) is 0. The lowest BCUT2D eigenvalue weighted by Crippen LogP contribution is -2.19. The Morgan fingerprint density at radius 1 is 1.06 bits per heavy atom. The highest BCUT2D eigenvalue weighted by Crippen LogP contribution is 2.27. The summed E-state index contributed by atoms with van der Waals surface area (Å²) in [6.07, 6.45) is 0. The van der Waals surface area contributed by atoms with E-state index in [-0.39, 0.29) is 10.9 Å². The third kappa shape index (κ3) is 2.79. The van der Waals surface area contributed by atoms with Gasteiger partial charge in [0.05, 0.1) is 0 Å². The molecule has 0 bridgehead atoms. The third-order valence-corrected chi connectivity index (χ3v) is 2.44. The number of nitrogens with one attached hydrogen (secondary N) is 1. The molecule has 0 aromatic heterocycles. The van der Waals surface area contributed by atoms with Gasteiger partial charge >= 0.3 is 0 Å². The van der Waals surface area contributed by atoms with Crippen molar-refractivity contribution in [3.05, 3.63) is 54.3 Å². The number of hydrogen-bond acceptors (Lipinski definition) is 1. The molecule has 86 valence electrons. The molecule has 0 aliphatic heterocycles. The van der Waals surface area contributed by atoms with Crippen molar-refractivity contribution < 1.29 is 4.39 Å². The number of nitrogens with two attached hydrogens (primary N) is 1. The van der Waals surface area contributed by atoms with Crippen LogP contribution in [0.3, 0.4) is 0 Å². The highest BCUT2D eigenvalue weighted by atomic mass is 32.1. The summed E-state index contributed by atoms with van der Waals surface area (Å²) in [4.78, 5) is 0. The van der Waals surface area contributed by atoms with Gasteiger partial charge in [0.25, 0.3) is 0 Å². The molecule has 2 rings (SSSR count). The van der Waals surface area contributed by atoms with Gasteiger partial charge < -0.3 is 11.1 Å². The molecule has 0 fully saturated rings. The second-order valence-electron chi connectivity index (χ2n) is 3.54. The lowest BCUT2D eigenvalue weighted by molar-refractivity contribution is 0.628. The van der Waals surface area contributed by atoms with Crippen LogP contribution >= 0.6 is 12.2 Å². The van der Waals surface area contributed by atoms with E-state index in [1.54, 1.807) is 12.1 Å². The molecule has 2 aromatic rings. The van der Waals surface area contributed by atoms with Crippen molar-refractivity contribution in [2.75, 3.05) is 5.32 Å². The Morgan fingerprint density at radius 2 is 1.71 bits per heavy atom. The average Bonchev–Trinajstić information content (AvgIpc) is 2.30. The molecule has 17 heavy (non-hydrogen) atoms. The third-order valence-electron chi connectivity index (χ3n) is 2.34. The van der Waals surface area contributed by atoms with Crippen molar-refractivity contribution in [1.82, 2.24) is 0 Å². The van der Waals surface area contributed by atoms with Gasteiger partial charge in [-0.05, 0) is 36.0 Å². The average molecular weight is 246 g/mol. The standard InChI is InChI=1S/C13H11FN2S/c14-10-7-5-9(6-8-10)11-3-1-2-4-12(11)16-13(15)17/h1-8H,(H3,15,16,17). The fourth-order valence-corrected chi connectivity index (χ4v) is 1.72. The van der Waals surface area contributed by atoms with Crippen molar-refractivity contribution in [2.45, 2.75) is 0 Å². The first kappa shape index (κ1) is 11.5. The molecule has 0 spiro atoms. The number of hydrogen-bond donors (Lipinski definition) is 2. The maximum absolute atomic E-state index is 12.9. The van der Waals surface area contributed by atoms with Crippen LogP contribution in [0.2, 0.25) is 0 Å². The predicted molar refractivity (Wildman–Crippen MR) is 72.2 cm³/mol. The van der Waals surface area contributed by atoms with Crippen LogP contribution in [0, 0.1) is 5.82 Å². The molecule has 2 nitrogen and oxygen atoms in total. The Kier molecular flexibility index (Phi) is 3.35. The van der Waals surface area contributed by atoms with Gasteiger partial charge in [-0.2, -0.15) is 0 Å². The van der Waals surface area contributed by atoms with Crippen molar-refractivity contribution >= 4 is 23.0 Å². The van der Waals surface area contributed by atoms with E-state index in [0.717, 1.165) is 16.8 Å². The Bertz CT molecular complexity index is 537. The molecular formula is C13H11FN2S. The zero-order chi connectivity index (χ0) is 12.3. The van der Waals surface area contributed by atoms with Crippen molar-refractivity contribution in [2.24, 2.45) is 5.73 Å². The first-order valence-electron chi connectivity index (χ1n) is 5.08. The van der Waals surface area contributed by atoms with Crippen LogP contribution in [0.4, 0.5) is 10.1 Å². The molecule has 0 aliphatic rings. The highest BCUT2D eigenvalue weighted by molar-refractivity contribution is 7.80. The zero-order valence-electron chi connectivity index (χ0n) is 8.98. The van der Waals surface area contributed by atoms with E-state index < -0.39 is 0 Å². The number of para-hydroxylation sites is 1. The van der Waals surface area contributed by atoms with Gasteiger partial charge in [0.2, 0.25) is 0 Å². The van der Waals surface area contributed by atoms with Gasteiger partial charge in [-0.25, -0.2) is 4.39 Å². The quantitative estimate of drug-likeness (QED) is 0.799. The summed E-state index contributed by atoms with van der Waals surface area (Å²) in [7, 11) is 0. The minimum atomic E-state index is -0.256. The Balaban J connectivity index is 2.44. The molecule has 0 atom stereocenters. The minimum Gasteiger partial charge on any atom is -0.376 e. The van der Waals surface area contributed by atoms with Crippen molar-refractivity contribution in [1.29, 1.82) is 0 Å². The summed E-state index contributed by atoms with van der Waals surface area (Å²) in [6, 6.07) is 13.9. The van der Waals surface area contributed by atoms with E-state index in [0.29, 0.717) is 0 Å². The first-order chi connectivity index (χ1) is 8.16. The lowest BCUT2D eigenvalue weighted by Gasteiger charge is -2.10. The predicted octanol–water partition coefficient (Wildman–Crippen LogP) is 3.15. The molecule has 0 amide bonds. The molecule has 0 saturated carbocycles. The van der Waals surface area contributed by atoms with E-state index in [9.17, 15) is 4.39 Å². The smallest absolute Gasteiger partial charge is 0.168 e. The summed E-state index contributed by atoms with van der Waals surface area (Å²) < 4.78 is 12.9. The van der Waals surface area contributed by atoms with Crippen LogP contribution in [-0.2, 0) is 0 Å². The number of anilines is 1. The van der Waals surface area contributed by atoms with Crippen LogP contribution in [0.5, 0.6) is 0 Å². The summed E-state index contributed by atoms with van der Waals surface area (Å²) in [5.41, 5.74) is 8.11. The molecule has 4 heteroatoms. The highest BCUT2D eigenvalue weighted by Gasteiger charge is 2.04. The number of halogens is 1. The van der Waals surface area contributed by atoms with E-state index in [1.165, 1.54) is 12.1 Å². The molecule has 0 unspecified atom stereocenters. The van der Waals surface area contributed by atoms with Crippen LogP contribution in [0.1, 0.15) is 0 Å². The number of benzene rings is 2. The molecule has 2 aromatic carbocycles. The molecular weight excluding hydrogens is 235 g/mol. The molecule has 0 heterocycles. The molecule has 0 saturated heterocycles. The number of thiocarbonyl (C=S) groups is 1. The van der Waals surface area contributed by atoms with Crippen LogP contribution in [0.15, 0.2) is 48.5 Å². The first-order valence-corrected chi connectivity index (χ1v) is 5.49. The molecule has 3 N–H and O–H groups in total. The van der Waals surface area contributed by atoms with Crippen LogP contribution in [-0.4, -0.2) is 5.11 Å². The van der Waals surface area contributed by atoms with E-state index >= 15 is 0 Å². The fourth-order valence-electron chi connectivity index (χ4n) is 1.61. The summed E-state index contributed by atoms with van der Waals surface area (Å²) in [5, 5.41) is 3.11. The van der Waals surface area contributed by atoms with Gasteiger partial charge in [-0.3, -0.25) is 0 Å². The summed E-state index contributed by atoms with van der Waals surface area (Å²) in [5.74, 6) is -0.256. The van der Waals surface area contributed by atoms with Gasteiger partial charge in [-0.1, -0.05) is 30.3 Å². The lowest BCUT2D eigenvalue weighted by atomic mass is 10.0. The van der Waals surface area contributed by atoms with E-state index in [1.807, 2.05) is 24.3 Å². The Morgan fingerprint density at radius 3 is 2.35 bits per heavy atom. The van der Waals surface area contributed by atoms with Gasteiger partial charge in [-0.15, -0.1) is 0 Å². The normalized spacial score (nSPS) is 9.94. The van der Waals surface area contributed by atoms with Crippen LogP contribution < -0.4 is 11.1 Å². The molecule has 0 aliphatic carbocycles. The monoisotopic (exact) mass is 246 g/mol. The SMILES string of the molecule is NC(=S)Nc1ccccc1-c1ccc(F)cc1. The Hall–Kier alpha value is -1.94. The maximum atomic E-state index is 12.9. The second-order valence-corrected chi connectivity index (χ2v) is 3.98. The minimum absolute atomic E-state index is 0.208. The largest absolute Gasteiger partial charge is 0.376 e. The molecule has 0 radical (unpaired) electrons. The number of rotatable bonds is 2. The topological polar surface area (TPSA) is 38.0 Å². The van der Waals surface area contributed by atoms with Gasteiger partial charge in [0.1, 0.15) is 5.82 Å². The maximum Gasteiger partial charge on any atom is 0.168 e. The van der Waals surface area contributed by atoms with Gasteiger partial charge in [0, 0.05) is 11.3 Å². The summed E-state index contributed by atoms with van der Waals surface area (Å²) >= 11 is 4.81. The zero-order valence-corrected chi connectivity index (χ0v) is 9.80. The second kappa shape index (κ2) is 4.93. The van der Waals surface area contributed by atoms with Gasteiger partial charge in [0.15, 0.2) is 5.11 Å². The van der Waals surface area contributed by atoms with Crippen molar-refractivity contribution in [3.8, 4) is 11.1 Å². The van der Waals surface area contributed by atoms with Crippen molar-refractivity contribution in [3.63, 3.8) is 0 Å². The Labute approximate surface area is 104 Å². The fraction of sp³-hybridized carbons (Fsp3) is 0. The van der Waals surface area contributed by atoms with Crippen LogP contribution in [0.25, 0.3) is 11.1 Å². The van der Waals surface area contributed by atoms with E-state index in [2.05, 4.69) is 5.32 Å².